The van der Waals surface area contributed by atoms with Gasteiger partial charge in [0.05, 0.1) is 5.41 Å². The number of likely N-dealkylation sites (N-methyl/N-ethyl adjacent to an activating group) is 1. The molecule has 1 aromatic rings. The summed E-state index contributed by atoms with van der Waals surface area (Å²) in [6.45, 7) is 3.74. The van der Waals surface area contributed by atoms with E-state index < -0.39 is 5.41 Å². The van der Waals surface area contributed by atoms with Crippen LogP contribution in [0.3, 0.4) is 0 Å². The highest BCUT2D eigenvalue weighted by Crippen LogP contribution is 2.41. The molecule has 1 aromatic carbocycles. The summed E-state index contributed by atoms with van der Waals surface area (Å²) in [5.41, 5.74) is 1.26. The van der Waals surface area contributed by atoms with Gasteiger partial charge in [0.1, 0.15) is 5.75 Å². The van der Waals surface area contributed by atoms with Crippen molar-refractivity contribution in [1.82, 2.24) is 0 Å². The summed E-state index contributed by atoms with van der Waals surface area (Å²) in [7, 11) is 1.76. The molecule has 0 aromatic heterocycles. The summed E-state index contributed by atoms with van der Waals surface area (Å²) >= 11 is 0. The van der Waals surface area contributed by atoms with Crippen LogP contribution in [-0.2, 0) is 10.2 Å². The molecule has 1 heterocycles. The van der Waals surface area contributed by atoms with Crippen LogP contribution in [0.1, 0.15) is 19.4 Å². The molecule has 74 valence electrons. The number of amides is 1. The molecule has 14 heavy (non-hydrogen) atoms. The molecule has 0 unspecified atom stereocenters. The van der Waals surface area contributed by atoms with E-state index in [0.717, 1.165) is 11.3 Å². The molecule has 3 nitrogen and oxygen atoms in total. The van der Waals surface area contributed by atoms with E-state index in [4.69, 9.17) is 0 Å². The van der Waals surface area contributed by atoms with Gasteiger partial charge in [-0.3, -0.25) is 4.79 Å². The highest BCUT2D eigenvalue weighted by molar-refractivity contribution is 6.07. The van der Waals surface area contributed by atoms with Crippen LogP contribution in [0, 0.1) is 0 Å². The van der Waals surface area contributed by atoms with Gasteiger partial charge < -0.3 is 10.0 Å². The van der Waals surface area contributed by atoms with Crippen molar-refractivity contribution in [1.29, 1.82) is 0 Å². The summed E-state index contributed by atoms with van der Waals surface area (Å²) in [5, 5.41) is 9.37. The van der Waals surface area contributed by atoms with Crippen molar-refractivity contribution >= 4 is 11.6 Å². The van der Waals surface area contributed by atoms with Gasteiger partial charge in [0, 0.05) is 12.7 Å². The van der Waals surface area contributed by atoms with Crippen molar-refractivity contribution in [3.63, 3.8) is 0 Å². The summed E-state index contributed by atoms with van der Waals surface area (Å²) in [6.07, 6.45) is 0. The first-order valence-electron chi connectivity index (χ1n) is 4.56. The maximum atomic E-state index is 11.8. The average Bonchev–Trinajstić information content (AvgIpc) is 2.29. The number of rotatable bonds is 0. The number of phenolic OH excluding ortho intramolecular Hbond substituents is 1. The highest BCUT2D eigenvalue weighted by atomic mass is 16.3. The fraction of sp³-hybridized carbons (Fsp3) is 0.364. The Kier molecular flexibility index (Phi) is 1.62. The smallest absolute Gasteiger partial charge is 0.236 e. The van der Waals surface area contributed by atoms with E-state index in [0.29, 0.717) is 0 Å². The summed E-state index contributed by atoms with van der Waals surface area (Å²) in [5.74, 6) is 0.276. The molecule has 0 saturated carbocycles. The number of nitrogens with zero attached hydrogens (tertiary/aromatic N) is 1. The quantitative estimate of drug-likeness (QED) is 0.677. The number of hydrogen-bond acceptors (Lipinski definition) is 2. The Morgan fingerprint density at radius 2 is 2.00 bits per heavy atom. The van der Waals surface area contributed by atoms with Gasteiger partial charge in [-0.25, -0.2) is 0 Å². The molecule has 0 aliphatic carbocycles. The van der Waals surface area contributed by atoms with Crippen LogP contribution in [0.15, 0.2) is 18.2 Å². The van der Waals surface area contributed by atoms with Crippen LogP contribution in [0.5, 0.6) is 5.75 Å². The third kappa shape index (κ3) is 0.953. The van der Waals surface area contributed by atoms with Gasteiger partial charge in [0.25, 0.3) is 0 Å². The van der Waals surface area contributed by atoms with E-state index in [1.165, 1.54) is 0 Å². The Morgan fingerprint density at radius 1 is 1.36 bits per heavy atom. The number of fused-ring (bicyclic) bond motifs is 1. The number of carbonyl (C=O) groups is 1. The first-order valence-corrected chi connectivity index (χ1v) is 4.56. The van der Waals surface area contributed by atoms with Crippen LogP contribution < -0.4 is 4.90 Å². The summed E-state index contributed by atoms with van der Waals surface area (Å²) in [4.78, 5) is 13.5. The molecule has 0 bridgehead atoms. The van der Waals surface area contributed by atoms with Gasteiger partial charge in [-0.2, -0.15) is 0 Å². The molecule has 0 spiro atoms. The van der Waals surface area contributed by atoms with Crippen molar-refractivity contribution in [3.05, 3.63) is 23.8 Å². The Balaban J connectivity index is 2.69. The normalized spacial score (nSPS) is 18.5. The van der Waals surface area contributed by atoms with Crippen molar-refractivity contribution in [2.45, 2.75) is 19.3 Å². The SMILES string of the molecule is CN1C(=O)C(C)(C)c2cc(O)ccc21. The van der Waals surface area contributed by atoms with Gasteiger partial charge in [0.15, 0.2) is 0 Å². The lowest BCUT2D eigenvalue weighted by molar-refractivity contribution is -0.121. The van der Waals surface area contributed by atoms with Gasteiger partial charge in [-0.05, 0) is 37.6 Å². The first-order chi connectivity index (χ1) is 6.44. The van der Waals surface area contributed by atoms with E-state index in [-0.39, 0.29) is 11.7 Å². The lowest BCUT2D eigenvalue weighted by atomic mass is 9.86. The first kappa shape index (κ1) is 9.06. The molecule has 2 rings (SSSR count). The minimum absolute atomic E-state index is 0.0677. The minimum atomic E-state index is -0.525. The average molecular weight is 191 g/mol. The molecular weight excluding hydrogens is 178 g/mol. The Morgan fingerprint density at radius 3 is 2.64 bits per heavy atom. The predicted octanol–water partition coefficient (Wildman–Crippen LogP) is 1.65. The van der Waals surface area contributed by atoms with Crippen molar-refractivity contribution < 1.29 is 9.90 Å². The van der Waals surface area contributed by atoms with Gasteiger partial charge >= 0.3 is 0 Å². The van der Waals surface area contributed by atoms with E-state index in [2.05, 4.69) is 0 Å². The third-order valence-corrected chi connectivity index (χ3v) is 2.85. The van der Waals surface area contributed by atoms with E-state index in [9.17, 15) is 9.90 Å². The van der Waals surface area contributed by atoms with E-state index >= 15 is 0 Å². The van der Waals surface area contributed by atoms with Gasteiger partial charge in [-0.15, -0.1) is 0 Å². The lowest BCUT2D eigenvalue weighted by Gasteiger charge is -2.16. The molecule has 3 heteroatoms. The molecular formula is C11H13NO2. The number of hydrogen-bond donors (Lipinski definition) is 1. The molecule has 0 radical (unpaired) electrons. The zero-order valence-electron chi connectivity index (χ0n) is 8.53. The Hall–Kier alpha value is -1.51. The van der Waals surface area contributed by atoms with Crippen molar-refractivity contribution in [2.75, 3.05) is 11.9 Å². The molecule has 0 saturated heterocycles. The zero-order valence-corrected chi connectivity index (χ0v) is 8.53. The maximum absolute atomic E-state index is 11.8. The van der Waals surface area contributed by atoms with Gasteiger partial charge in [0.2, 0.25) is 5.91 Å². The number of anilines is 1. The fourth-order valence-electron chi connectivity index (χ4n) is 1.96. The molecule has 0 atom stereocenters. The van der Waals surface area contributed by atoms with Crippen LogP contribution in [0.4, 0.5) is 5.69 Å². The monoisotopic (exact) mass is 191 g/mol. The predicted molar refractivity (Wildman–Crippen MR) is 54.5 cm³/mol. The van der Waals surface area contributed by atoms with Gasteiger partial charge in [-0.1, -0.05) is 0 Å². The fourth-order valence-corrected chi connectivity index (χ4v) is 1.96. The standard InChI is InChI=1S/C11H13NO2/c1-11(2)8-6-7(13)4-5-9(8)12(3)10(11)14/h4-6,13H,1-3H3. The van der Waals surface area contributed by atoms with Crippen LogP contribution >= 0.6 is 0 Å². The second-order valence-corrected chi connectivity index (χ2v) is 4.19. The Labute approximate surface area is 83.0 Å². The number of carbonyl (C=O) groups excluding carboxylic acids is 1. The van der Waals surface area contributed by atoms with Crippen molar-refractivity contribution in [2.24, 2.45) is 0 Å². The molecule has 1 aliphatic rings. The number of phenols is 1. The Bertz CT molecular complexity index is 410. The van der Waals surface area contributed by atoms with Crippen LogP contribution in [0.25, 0.3) is 0 Å². The van der Waals surface area contributed by atoms with E-state index in [1.807, 2.05) is 13.8 Å². The molecule has 1 N–H and O–H groups in total. The van der Waals surface area contributed by atoms with Crippen LogP contribution in [0.2, 0.25) is 0 Å². The zero-order chi connectivity index (χ0) is 10.5. The summed E-state index contributed by atoms with van der Waals surface area (Å²) in [6, 6.07) is 5.04. The second kappa shape index (κ2) is 2.50. The largest absolute Gasteiger partial charge is 0.508 e. The summed E-state index contributed by atoms with van der Waals surface area (Å²) < 4.78 is 0. The highest BCUT2D eigenvalue weighted by Gasteiger charge is 2.42. The third-order valence-electron chi connectivity index (χ3n) is 2.85. The minimum Gasteiger partial charge on any atom is -0.508 e. The second-order valence-electron chi connectivity index (χ2n) is 4.19. The van der Waals surface area contributed by atoms with Crippen LogP contribution in [-0.4, -0.2) is 18.1 Å². The maximum Gasteiger partial charge on any atom is 0.236 e. The molecule has 1 aliphatic heterocycles. The molecule has 0 fully saturated rings. The van der Waals surface area contributed by atoms with Crippen molar-refractivity contribution in [3.8, 4) is 5.75 Å². The topological polar surface area (TPSA) is 40.5 Å². The number of aromatic hydroxyl groups is 1. The van der Waals surface area contributed by atoms with E-state index in [1.54, 1.807) is 30.1 Å². The lowest BCUT2D eigenvalue weighted by Crippen LogP contribution is -2.33. The molecule has 1 amide bonds. The number of benzene rings is 1.